The monoisotopic (exact) mass is 553 g/mol. The van der Waals surface area contributed by atoms with E-state index >= 15 is 0 Å². The second-order valence-corrected chi connectivity index (χ2v) is 10.9. The first-order valence-corrected chi connectivity index (χ1v) is 12.6. The van der Waals surface area contributed by atoms with Crippen LogP contribution in [0.25, 0.3) is 0 Å². The van der Waals surface area contributed by atoms with Gasteiger partial charge < -0.3 is 51.1 Å². The first kappa shape index (κ1) is 28.4. The third-order valence-corrected chi connectivity index (χ3v) is 7.54. The highest BCUT2D eigenvalue weighted by molar-refractivity contribution is 7.97. The molecule has 0 spiro atoms. The fourth-order valence-electron chi connectivity index (χ4n) is 3.78. The summed E-state index contributed by atoms with van der Waals surface area (Å²) in [4.78, 5) is 20.8. The van der Waals surface area contributed by atoms with Crippen LogP contribution in [-0.4, -0.2) is 81.6 Å². The molecule has 4 rings (SSSR count). The van der Waals surface area contributed by atoms with Crippen LogP contribution in [0, 0.1) is 5.92 Å². The highest BCUT2D eigenvalue weighted by Gasteiger charge is 2.62. The fraction of sp³-hybridized carbons (Fsp3) is 0.522. The Morgan fingerprint density at radius 1 is 1.03 bits per heavy atom. The van der Waals surface area contributed by atoms with Crippen molar-refractivity contribution in [3.05, 3.63) is 42.2 Å². The second kappa shape index (κ2) is 10.5. The number of aromatic nitrogens is 2. The summed E-state index contributed by atoms with van der Waals surface area (Å²) in [6.07, 6.45) is 6.86. The van der Waals surface area contributed by atoms with E-state index in [9.17, 15) is 40.5 Å². The summed E-state index contributed by atoms with van der Waals surface area (Å²) in [5.74, 6) is -7.23. The van der Waals surface area contributed by atoms with Gasteiger partial charge in [0.25, 0.3) is 5.72 Å². The first-order valence-electron chi connectivity index (χ1n) is 11.8. The number of carbonyl (C=O) groups is 1. The molecule has 1 aromatic heterocycles. The van der Waals surface area contributed by atoms with E-state index in [1.165, 1.54) is 12.1 Å². The Balaban J connectivity index is 1.22. The molecule has 1 heterocycles. The van der Waals surface area contributed by atoms with Crippen LogP contribution in [-0.2, 0) is 4.74 Å². The Hall–Kier alpha value is -2.60. The van der Waals surface area contributed by atoms with Crippen molar-refractivity contribution in [2.24, 2.45) is 5.92 Å². The molecule has 0 radical (unpaired) electrons. The van der Waals surface area contributed by atoms with Crippen LogP contribution < -0.4 is 15.4 Å². The Labute approximate surface area is 221 Å². The highest BCUT2D eigenvalue weighted by atomic mass is 32.2. The highest BCUT2D eigenvalue weighted by Crippen LogP contribution is 2.41. The van der Waals surface area contributed by atoms with Crippen molar-refractivity contribution in [3.63, 3.8) is 0 Å². The van der Waals surface area contributed by atoms with Crippen molar-refractivity contribution in [1.82, 2.24) is 20.0 Å². The zero-order valence-corrected chi connectivity index (χ0v) is 21.2. The van der Waals surface area contributed by atoms with Gasteiger partial charge in [-0.1, -0.05) is 0 Å². The minimum atomic E-state index is -4.10. The Morgan fingerprint density at radius 2 is 1.61 bits per heavy atom. The van der Waals surface area contributed by atoms with Gasteiger partial charge in [-0.3, -0.25) is 0 Å². The molecule has 0 saturated heterocycles. The lowest BCUT2D eigenvalue weighted by molar-refractivity contribution is -0.497. The predicted octanol–water partition coefficient (Wildman–Crippen LogP) is -0.461. The maximum absolute atomic E-state index is 11.8. The van der Waals surface area contributed by atoms with Crippen LogP contribution in [0.5, 0.6) is 0 Å². The maximum Gasteiger partial charge on any atom is 0.407 e. The van der Waals surface area contributed by atoms with Gasteiger partial charge in [0, 0.05) is 28.5 Å². The molecule has 38 heavy (non-hydrogen) atoms. The predicted molar refractivity (Wildman–Crippen MR) is 132 cm³/mol. The molecule has 2 aliphatic carbocycles. The van der Waals surface area contributed by atoms with Crippen molar-refractivity contribution in [1.29, 1.82) is 0 Å². The normalized spacial score (nSPS) is 20.8. The number of aliphatic hydroxyl groups is 7. The molecule has 2 aliphatic rings. The number of nitrogens with zero attached hydrogens (tertiary/aromatic N) is 2. The number of amides is 1. The first-order chi connectivity index (χ1) is 17.7. The molecule has 2 fully saturated rings. The Morgan fingerprint density at radius 3 is 2.13 bits per heavy atom. The SMILES string of the molecule is CC1(NC(=O)OCC2CC(c3cnc(Nc4ccc(SNC(O)(C(O)(O)O)C(O)(O)O)cc4)nc3)C2)CC1. The zero-order chi connectivity index (χ0) is 27.8. The number of ether oxygens (including phenoxy) is 1. The third-order valence-electron chi connectivity index (χ3n) is 6.63. The van der Waals surface area contributed by atoms with Gasteiger partial charge in [-0.15, -0.1) is 0 Å². The van der Waals surface area contributed by atoms with Gasteiger partial charge in [-0.2, -0.15) is 0 Å². The summed E-state index contributed by atoms with van der Waals surface area (Å²) in [5, 5.41) is 70.9. The van der Waals surface area contributed by atoms with E-state index in [2.05, 4.69) is 20.6 Å². The van der Waals surface area contributed by atoms with Crippen molar-refractivity contribution in [2.75, 3.05) is 11.9 Å². The molecule has 0 atom stereocenters. The molecule has 0 bridgehead atoms. The average molecular weight is 554 g/mol. The number of anilines is 2. The quantitative estimate of drug-likeness (QED) is 0.125. The fourth-order valence-corrected chi connectivity index (χ4v) is 4.59. The molecule has 1 aromatic carbocycles. The number of rotatable bonds is 11. The molecule has 0 unspecified atom stereocenters. The van der Waals surface area contributed by atoms with Gasteiger partial charge >= 0.3 is 18.0 Å². The van der Waals surface area contributed by atoms with E-state index in [-0.39, 0.29) is 11.6 Å². The van der Waals surface area contributed by atoms with Crippen molar-refractivity contribution in [2.45, 2.75) is 66.6 Å². The van der Waals surface area contributed by atoms with E-state index in [1.54, 1.807) is 24.5 Å². The molecule has 15 heteroatoms. The lowest BCUT2D eigenvalue weighted by Gasteiger charge is -2.39. The molecule has 2 saturated carbocycles. The summed E-state index contributed by atoms with van der Waals surface area (Å²) < 4.78 is 7.14. The van der Waals surface area contributed by atoms with Gasteiger partial charge in [-0.05, 0) is 86.2 Å². The van der Waals surface area contributed by atoms with E-state index in [1.807, 2.05) is 11.6 Å². The number of alkyl carbamates (subject to hydrolysis) is 1. The summed E-state index contributed by atoms with van der Waals surface area (Å²) >= 11 is 0.470. The molecule has 14 nitrogen and oxygen atoms in total. The number of carbonyl (C=O) groups excluding carboxylic acids is 1. The molecule has 0 aliphatic heterocycles. The van der Waals surface area contributed by atoms with Crippen LogP contribution in [0.3, 0.4) is 0 Å². The number of nitrogens with one attached hydrogen (secondary N) is 3. The van der Waals surface area contributed by atoms with E-state index in [4.69, 9.17) is 4.74 Å². The average Bonchev–Trinajstić information content (AvgIpc) is 3.53. The lowest BCUT2D eigenvalue weighted by atomic mass is 9.72. The smallest absolute Gasteiger partial charge is 0.407 e. The lowest BCUT2D eigenvalue weighted by Crippen LogP contribution is -2.74. The topological polar surface area (TPSA) is 230 Å². The van der Waals surface area contributed by atoms with Crippen molar-refractivity contribution < 1.29 is 45.3 Å². The van der Waals surface area contributed by atoms with Gasteiger partial charge in [0.2, 0.25) is 5.95 Å². The van der Waals surface area contributed by atoms with Crippen LogP contribution in [0.15, 0.2) is 41.6 Å². The minimum absolute atomic E-state index is 0.0955. The van der Waals surface area contributed by atoms with Crippen LogP contribution in [0.1, 0.15) is 44.1 Å². The summed E-state index contributed by atoms with van der Waals surface area (Å²) in [6, 6.07) is 6.23. The van der Waals surface area contributed by atoms with E-state index in [0.29, 0.717) is 46.9 Å². The zero-order valence-electron chi connectivity index (χ0n) is 20.4. The largest absolute Gasteiger partial charge is 0.449 e. The van der Waals surface area contributed by atoms with Crippen molar-refractivity contribution >= 4 is 29.7 Å². The van der Waals surface area contributed by atoms with Crippen LogP contribution in [0.2, 0.25) is 0 Å². The molecule has 208 valence electrons. The van der Waals surface area contributed by atoms with Gasteiger partial charge in [-0.25, -0.2) is 19.5 Å². The summed E-state index contributed by atoms with van der Waals surface area (Å²) in [7, 11) is 0. The summed E-state index contributed by atoms with van der Waals surface area (Å²) in [6.45, 7) is 2.39. The maximum atomic E-state index is 11.8. The molecule has 10 N–H and O–H groups in total. The van der Waals surface area contributed by atoms with Gasteiger partial charge in [0.1, 0.15) is 0 Å². The van der Waals surface area contributed by atoms with Crippen LogP contribution >= 0.6 is 11.9 Å². The second-order valence-electron chi connectivity index (χ2n) is 9.99. The number of hydrogen-bond donors (Lipinski definition) is 10. The number of hydrogen-bond acceptors (Lipinski definition) is 14. The Bertz CT molecular complexity index is 1100. The molecular formula is C23H31N5O9S. The van der Waals surface area contributed by atoms with Crippen molar-refractivity contribution in [3.8, 4) is 0 Å². The molecule has 1 amide bonds. The van der Waals surface area contributed by atoms with E-state index < -0.39 is 17.7 Å². The standard InChI is InChI=1S/C23H31N5O9S/c1-20(6-7-20)27-19(29)37-12-13-8-14(9-13)15-10-24-18(25-11-15)26-16-2-4-17(5-3-16)38-28-21(30,22(31,32)33)23(34,35)36/h2-5,10-11,13-14,28,30-36H,6-9,12H2,1H3,(H,27,29)(H,24,25,26). The summed E-state index contributed by atoms with van der Waals surface area (Å²) in [5.41, 5.74) is -2.24. The van der Waals surface area contributed by atoms with Gasteiger partial charge in [0.05, 0.1) is 6.61 Å². The van der Waals surface area contributed by atoms with Gasteiger partial charge in [0.15, 0.2) is 0 Å². The molecular weight excluding hydrogens is 522 g/mol. The molecule has 2 aromatic rings. The number of benzene rings is 1. The Kier molecular flexibility index (Phi) is 7.86. The van der Waals surface area contributed by atoms with E-state index in [0.717, 1.165) is 31.2 Å². The minimum Gasteiger partial charge on any atom is -0.449 e. The van der Waals surface area contributed by atoms with Crippen LogP contribution in [0.4, 0.5) is 16.4 Å². The third kappa shape index (κ3) is 6.69.